The van der Waals surface area contributed by atoms with E-state index in [9.17, 15) is 30.0 Å². The average molecular weight is 1410 g/mol. The molecule has 105 heavy (non-hydrogen) atoms. The van der Waals surface area contributed by atoms with E-state index >= 15 is 9.59 Å². The van der Waals surface area contributed by atoms with Gasteiger partial charge in [0.25, 0.3) is 0 Å². The van der Waals surface area contributed by atoms with Crippen molar-refractivity contribution >= 4 is 56.4 Å². The van der Waals surface area contributed by atoms with Crippen molar-refractivity contribution in [2.24, 2.45) is 5.92 Å². The van der Waals surface area contributed by atoms with E-state index in [1.807, 2.05) is 83.4 Å². The number of nitrogens with one attached hydrogen (secondary N) is 5. The van der Waals surface area contributed by atoms with Crippen LogP contribution in [0, 0.1) is 5.92 Å². The van der Waals surface area contributed by atoms with Crippen LogP contribution in [0.1, 0.15) is 103 Å². The molecule has 4 fully saturated rings. The summed E-state index contributed by atoms with van der Waals surface area (Å²) in [6, 6.07) is 59.2. The highest BCUT2D eigenvalue weighted by molar-refractivity contribution is 6.04. The maximum absolute atomic E-state index is 15.9. The highest BCUT2D eigenvalue weighted by atomic mass is 16.6. The molecule has 6 heterocycles. The summed E-state index contributed by atoms with van der Waals surface area (Å²) in [6.45, 7) is 5.28. The number of hydrogen-bond acceptors (Lipinski definition) is 16. The molecule has 15 rings (SSSR count). The maximum atomic E-state index is 15.9. The predicted octanol–water partition coefficient (Wildman–Crippen LogP) is 12.8. The zero-order chi connectivity index (χ0) is 72.3. The first-order chi connectivity index (χ1) is 51.3. The molecule has 0 radical (unpaired) electrons. The summed E-state index contributed by atoms with van der Waals surface area (Å²) < 4.78 is 14.7. The molecule has 21 nitrogen and oxygen atoms in total. The fraction of sp³-hybridized carbons (Fsp3) is 0.333. The predicted molar refractivity (Wildman–Crippen MR) is 410 cm³/mol. The van der Waals surface area contributed by atoms with Crippen molar-refractivity contribution < 1.29 is 39.5 Å². The van der Waals surface area contributed by atoms with Crippen LogP contribution >= 0.6 is 0 Å². The largest absolute Gasteiger partial charge is 0.506 e. The Labute approximate surface area is 609 Å². The topological polar surface area (TPSA) is 276 Å². The first kappa shape index (κ1) is 71.5. The number of fused-ring (bicyclic) bond motifs is 6. The molecule has 3 saturated heterocycles. The molecule has 21 heteroatoms. The molecule has 8 aromatic carbocycles. The third-order valence-corrected chi connectivity index (χ3v) is 21.4. The van der Waals surface area contributed by atoms with E-state index in [2.05, 4.69) is 114 Å². The molecule has 9 N–H and O–H groups in total. The van der Waals surface area contributed by atoms with Gasteiger partial charge in [0.05, 0.1) is 52.8 Å². The number of aliphatic hydroxyl groups is 2. The summed E-state index contributed by atoms with van der Waals surface area (Å²) >= 11 is 0. The number of aromatic amines is 2. The lowest BCUT2D eigenvalue weighted by Crippen LogP contribution is -2.59. The number of aliphatic hydroxyl groups excluding tert-OH is 2. The van der Waals surface area contributed by atoms with E-state index in [0.717, 1.165) is 131 Å². The summed E-state index contributed by atoms with van der Waals surface area (Å²) in [5.41, 5.74) is 12.0. The second kappa shape index (κ2) is 33.1. The number of aromatic hydroxyl groups is 2. The number of anilines is 2. The van der Waals surface area contributed by atoms with Crippen LogP contribution in [0.2, 0.25) is 0 Å². The maximum Gasteiger partial charge on any atom is 0.423 e. The first-order valence-corrected chi connectivity index (χ1v) is 36.9. The van der Waals surface area contributed by atoms with Crippen LogP contribution in [0.3, 0.4) is 0 Å². The van der Waals surface area contributed by atoms with Crippen molar-refractivity contribution in [1.82, 2.24) is 45.8 Å². The number of piperidine rings is 3. The van der Waals surface area contributed by atoms with Crippen LogP contribution in [0.15, 0.2) is 198 Å². The number of unbranched alkanes of at least 4 members (excludes halogenated alkanes) is 1. The van der Waals surface area contributed by atoms with E-state index in [0.29, 0.717) is 104 Å². The Morgan fingerprint density at radius 3 is 1.76 bits per heavy atom. The summed E-state index contributed by atoms with van der Waals surface area (Å²) in [4.78, 5) is 67.0. The number of ether oxygens (including phenoxy) is 2. The number of pyridine rings is 2. The van der Waals surface area contributed by atoms with Crippen LogP contribution in [0.25, 0.3) is 55.1 Å². The van der Waals surface area contributed by atoms with Crippen LogP contribution < -0.4 is 41.6 Å². The number of benzene rings is 8. The second-order valence-corrected chi connectivity index (χ2v) is 28.2. The molecule has 542 valence electrons. The van der Waals surface area contributed by atoms with Gasteiger partial charge in [-0.05, 0) is 215 Å². The standard InChI is InChI=1S/C84H91N11O10/c1-85-61-22-24-62(25-23-61)94(72-48-56(20-28-64(72)58-13-4-2-5-14-58)12-10-43-93-71-34-21-57(47-70(71)90-91-93)50-87-52-78(99)67-31-36-76(97)82-69(67)33-38-80(101)89-82)83(102)105-84(103)95(74-53-92-44-40-60(74)41-45-92)73-49-55(19-29-65(73)59-15-6-3-7-16-59)11-8-9-46-104-63-26-17-54(18-27-63)39-42-86-51-77(98)66-30-35-75(96)81-68(66)32-37-79(100)88-81/h2-7,13-21,26-38,47-49,60-62,74,77-78,85-87,96-99H,8-12,22-25,39-46,50-53H2,1H3,(H,88,100)(H,89,101)/t61?,62?,74-,77+,78+/m0/s1. The highest BCUT2D eigenvalue weighted by Crippen LogP contribution is 2.42. The molecule has 3 aliphatic heterocycles. The third kappa shape index (κ3) is 16.7. The number of H-pyrrole nitrogens is 2. The molecule has 0 unspecified atom stereocenters. The van der Waals surface area contributed by atoms with Crippen molar-refractivity contribution in [1.29, 1.82) is 0 Å². The minimum absolute atomic E-state index is 0.0470. The Morgan fingerprint density at radius 1 is 0.590 bits per heavy atom. The quantitative estimate of drug-likeness (QED) is 0.0163. The Bertz CT molecular complexity index is 4960. The number of carbonyl (C=O) groups is 2. The Morgan fingerprint density at radius 2 is 1.16 bits per heavy atom. The van der Waals surface area contributed by atoms with Gasteiger partial charge in [0.15, 0.2) is 0 Å². The van der Waals surface area contributed by atoms with Gasteiger partial charge in [-0.15, -0.1) is 5.10 Å². The van der Waals surface area contributed by atoms with Crippen molar-refractivity contribution in [2.45, 2.75) is 120 Å². The van der Waals surface area contributed by atoms with Gasteiger partial charge < -0.3 is 60.7 Å². The average Bonchev–Trinajstić information content (AvgIpc) is 1.30. The van der Waals surface area contributed by atoms with E-state index in [1.54, 1.807) is 29.2 Å². The first-order valence-electron chi connectivity index (χ1n) is 36.9. The normalized spacial score (nSPS) is 17.8. The molecular formula is C84H91N11O10. The number of aryl methyl sites for hydroxylation is 3. The zero-order valence-electron chi connectivity index (χ0n) is 59.1. The number of amides is 2. The second-order valence-electron chi connectivity index (χ2n) is 28.2. The molecule has 2 amide bonds. The lowest BCUT2D eigenvalue weighted by molar-refractivity contribution is 0.0820. The molecule has 11 aromatic rings. The number of hydrogen-bond donors (Lipinski definition) is 9. The fourth-order valence-electron chi connectivity index (χ4n) is 15.7. The van der Waals surface area contributed by atoms with Gasteiger partial charge in [0.1, 0.15) is 22.8 Å². The summed E-state index contributed by atoms with van der Waals surface area (Å²) in [5, 5.41) is 63.3. The number of carbonyl (C=O) groups excluding carboxylic acids is 2. The summed E-state index contributed by atoms with van der Waals surface area (Å²) in [6.07, 6.45) is 6.30. The summed E-state index contributed by atoms with van der Waals surface area (Å²) in [5.74, 6) is 0.872. The number of phenolic OH excluding ortho intramolecular Hbond substituents is 2. The molecule has 3 atom stereocenters. The van der Waals surface area contributed by atoms with Crippen molar-refractivity contribution in [2.75, 3.05) is 62.7 Å². The van der Waals surface area contributed by atoms with Gasteiger partial charge in [0.2, 0.25) is 11.1 Å². The minimum Gasteiger partial charge on any atom is -0.506 e. The third-order valence-electron chi connectivity index (χ3n) is 21.4. The molecule has 2 bridgehead atoms. The molecule has 1 saturated carbocycles. The van der Waals surface area contributed by atoms with Crippen molar-refractivity contribution in [3.05, 3.63) is 242 Å². The minimum atomic E-state index is -0.902. The Balaban J connectivity index is 0.656. The molecule has 3 aromatic heterocycles. The van der Waals surface area contributed by atoms with Gasteiger partial charge >= 0.3 is 12.2 Å². The molecule has 0 spiro atoms. The van der Waals surface area contributed by atoms with E-state index in [1.165, 1.54) is 24.3 Å². The molecular weight excluding hydrogens is 1320 g/mol. The van der Waals surface area contributed by atoms with Crippen LogP contribution in [0.4, 0.5) is 21.0 Å². The van der Waals surface area contributed by atoms with Gasteiger partial charge in [0, 0.05) is 78.8 Å². The fourth-order valence-corrected chi connectivity index (χ4v) is 15.7. The molecule has 1 aliphatic carbocycles. The number of aromatic nitrogens is 5. The number of rotatable bonds is 28. The van der Waals surface area contributed by atoms with Crippen LogP contribution in [-0.4, -0.2) is 134 Å². The Hall–Kier alpha value is -10.5. The lowest BCUT2D eigenvalue weighted by Gasteiger charge is -2.48. The highest BCUT2D eigenvalue weighted by Gasteiger charge is 2.43. The van der Waals surface area contributed by atoms with Gasteiger partial charge in [-0.2, -0.15) is 0 Å². The van der Waals surface area contributed by atoms with Gasteiger partial charge in [-0.3, -0.25) is 19.4 Å². The van der Waals surface area contributed by atoms with Gasteiger partial charge in [-0.1, -0.05) is 120 Å². The monoisotopic (exact) mass is 1410 g/mol. The zero-order valence-corrected chi connectivity index (χ0v) is 59.1. The lowest BCUT2D eigenvalue weighted by atomic mass is 9.82. The van der Waals surface area contributed by atoms with Crippen LogP contribution in [0.5, 0.6) is 17.2 Å². The van der Waals surface area contributed by atoms with E-state index in [4.69, 9.17) is 9.47 Å². The number of nitrogens with zero attached hydrogens (tertiary/aromatic N) is 6. The molecule has 4 aliphatic rings. The number of phenols is 2. The SMILES string of the molecule is CNC1CCC(N(C(=O)OC(=O)N(c2cc(CCCCOc3ccc(CCNC[C@@H](O)c4ccc(O)c5[nH]c(=O)ccc45)cc3)ccc2-c2ccccc2)[C@H]2CN3CCC2CC3)c2cc(CCCn3nnc4cc(CNC[C@@H](O)c5ccc(O)c6[nH]c(=O)ccc56)ccc43)ccc2-c2ccccc2)CC1. The Kier molecular flexibility index (Phi) is 22.5. The van der Waals surface area contributed by atoms with Gasteiger partial charge in [-0.25, -0.2) is 14.3 Å². The smallest absolute Gasteiger partial charge is 0.423 e. The summed E-state index contributed by atoms with van der Waals surface area (Å²) in [7, 11) is 1.99. The van der Waals surface area contributed by atoms with Crippen LogP contribution in [-0.2, 0) is 37.1 Å². The van der Waals surface area contributed by atoms with Crippen molar-refractivity contribution in [3.63, 3.8) is 0 Å². The van der Waals surface area contributed by atoms with E-state index < -0.39 is 24.4 Å². The van der Waals surface area contributed by atoms with E-state index in [-0.39, 0.29) is 52.7 Å². The van der Waals surface area contributed by atoms with Crippen molar-refractivity contribution in [3.8, 4) is 39.5 Å².